The van der Waals surface area contributed by atoms with Gasteiger partial charge in [-0.15, -0.1) is 0 Å². The van der Waals surface area contributed by atoms with E-state index >= 15 is 0 Å². The van der Waals surface area contributed by atoms with Gasteiger partial charge in [0.05, 0.1) is 10.3 Å². The first kappa shape index (κ1) is 32.3. The van der Waals surface area contributed by atoms with E-state index in [4.69, 9.17) is 0 Å². The minimum absolute atomic E-state index is 0.0996. The van der Waals surface area contributed by atoms with E-state index in [0.29, 0.717) is 44.8 Å². The molecule has 2 aromatic carbocycles. The summed E-state index contributed by atoms with van der Waals surface area (Å²) in [6.07, 6.45) is 5.77. The van der Waals surface area contributed by atoms with Crippen molar-refractivity contribution in [2.75, 3.05) is 26.2 Å². The Morgan fingerprint density at radius 2 is 1.61 bits per heavy atom. The number of hydrogen-bond donors (Lipinski definition) is 3. The molecule has 4 rings (SSSR count). The minimum atomic E-state index is -0.701. The minimum Gasteiger partial charge on any atom is -0.366 e. The van der Waals surface area contributed by atoms with E-state index in [2.05, 4.69) is 64.8 Å². The lowest BCUT2D eigenvalue weighted by Gasteiger charge is -2.31. The van der Waals surface area contributed by atoms with Crippen molar-refractivity contribution >= 4 is 16.8 Å². The summed E-state index contributed by atoms with van der Waals surface area (Å²) >= 11 is 0. The van der Waals surface area contributed by atoms with Crippen LogP contribution in [0.15, 0.2) is 72.9 Å². The summed E-state index contributed by atoms with van der Waals surface area (Å²) in [5, 5.41) is 18.9. The Labute approximate surface area is 259 Å². The van der Waals surface area contributed by atoms with Crippen molar-refractivity contribution in [1.82, 2.24) is 25.5 Å². The van der Waals surface area contributed by atoms with Crippen LogP contribution in [0.1, 0.15) is 55.5 Å². The lowest BCUT2D eigenvalue weighted by Crippen LogP contribution is -2.43. The molecule has 9 heteroatoms. The zero-order valence-corrected chi connectivity index (χ0v) is 26.7. The summed E-state index contributed by atoms with van der Waals surface area (Å²) < 4.78 is 0. The number of aromatic amines is 1. The first-order valence-electron chi connectivity index (χ1n) is 15.3. The lowest BCUT2D eigenvalue weighted by atomic mass is 9.82. The van der Waals surface area contributed by atoms with Crippen molar-refractivity contribution < 1.29 is 9.72 Å². The molecule has 3 N–H and O–H groups in total. The number of carbonyl (C=O) groups excluding carboxylic acids is 1. The molecule has 1 amide bonds. The number of fused-ring (bicyclic) bond motifs is 1. The number of nitro groups is 1. The largest absolute Gasteiger partial charge is 0.366 e. The molecule has 2 aromatic heterocycles. The lowest BCUT2D eigenvalue weighted by molar-refractivity contribution is -0.404. The topological polar surface area (TPSA) is 116 Å². The van der Waals surface area contributed by atoms with E-state index in [1.54, 1.807) is 12.4 Å². The van der Waals surface area contributed by atoms with Crippen LogP contribution in [0, 0.1) is 24.0 Å². The van der Waals surface area contributed by atoms with Crippen LogP contribution in [0.25, 0.3) is 22.2 Å². The number of nitrogens with zero attached hydrogens (tertiary/aromatic N) is 3. The van der Waals surface area contributed by atoms with E-state index in [1.807, 2.05) is 50.8 Å². The summed E-state index contributed by atoms with van der Waals surface area (Å²) in [5.74, 6) is 0.464. The number of carbonyl (C=O) groups is 1. The highest BCUT2D eigenvalue weighted by Gasteiger charge is 2.33. The molecule has 0 radical (unpaired) electrons. The van der Waals surface area contributed by atoms with Crippen LogP contribution in [0.3, 0.4) is 0 Å². The fourth-order valence-corrected chi connectivity index (χ4v) is 5.76. The molecule has 0 atom stereocenters. The molecule has 9 nitrogen and oxygen atoms in total. The van der Waals surface area contributed by atoms with Crippen LogP contribution in [0.2, 0.25) is 0 Å². The standard InChI is InChI=1S/C35H44N6O3/c1-7-40(8-2)34(42)35(5,6)28-9-10-31-30(22-28)29(33(39-31)27-20-24(3)19-25(4)21-27)14-18-38-32(23-41(43)44)37-17-13-26-11-15-36-16-12-26/h9-12,15-16,19-23,37-39H,7-8,13-14,17-18H2,1-6H3. The van der Waals surface area contributed by atoms with E-state index in [9.17, 15) is 14.9 Å². The maximum absolute atomic E-state index is 13.5. The summed E-state index contributed by atoms with van der Waals surface area (Å²) in [6, 6.07) is 16.6. The summed E-state index contributed by atoms with van der Waals surface area (Å²) in [7, 11) is 0. The van der Waals surface area contributed by atoms with Crippen LogP contribution in [0.4, 0.5) is 0 Å². The zero-order valence-electron chi connectivity index (χ0n) is 26.7. The van der Waals surface area contributed by atoms with E-state index in [1.165, 1.54) is 11.1 Å². The first-order chi connectivity index (χ1) is 21.0. The molecule has 0 saturated heterocycles. The number of aryl methyl sites for hydroxylation is 2. The third kappa shape index (κ3) is 7.64. The van der Waals surface area contributed by atoms with Crippen molar-refractivity contribution in [2.45, 2.75) is 59.8 Å². The second-order valence-electron chi connectivity index (χ2n) is 11.8. The Kier molecular flexibility index (Phi) is 10.4. The molecule has 0 bridgehead atoms. The zero-order chi connectivity index (χ0) is 31.9. The normalized spacial score (nSPS) is 11.9. The van der Waals surface area contributed by atoms with Gasteiger partial charge in [-0.05, 0) is 113 Å². The quantitative estimate of drug-likeness (QED) is 0.121. The van der Waals surface area contributed by atoms with Crippen molar-refractivity contribution in [3.63, 3.8) is 0 Å². The van der Waals surface area contributed by atoms with Gasteiger partial charge in [0.25, 0.3) is 6.20 Å². The molecule has 0 unspecified atom stereocenters. The van der Waals surface area contributed by atoms with Gasteiger partial charge in [0.1, 0.15) is 0 Å². The smallest absolute Gasteiger partial charge is 0.274 e. The van der Waals surface area contributed by atoms with Gasteiger partial charge < -0.3 is 20.5 Å². The molecule has 44 heavy (non-hydrogen) atoms. The van der Waals surface area contributed by atoms with E-state index in [-0.39, 0.29) is 5.91 Å². The Balaban J connectivity index is 1.65. The number of rotatable bonds is 14. The third-order valence-electron chi connectivity index (χ3n) is 8.13. The molecule has 2 heterocycles. The molecular formula is C35H44N6O3. The van der Waals surface area contributed by atoms with Crippen LogP contribution < -0.4 is 10.6 Å². The Bertz CT molecular complexity index is 1620. The highest BCUT2D eigenvalue weighted by Crippen LogP contribution is 2.35. The second kappa shape index (κ2) is 14.2. The Morgan fingerprint density at radius 3 is 2.23 bits per heavy atom. The number of benzene rings is 2. The Morgan fingerprint density at radius 1 is 0.977 bits per heavy atom. The van der Waals surface area contributed by atoms with Crippen molar-refractivity contribution in [3.8, 4) is 11.3 Å². The average Bonchev–Trinajstić information content (AvgIpc) is 3.35. The summed E-state index contributed by atoms with van der Waals surface area (Å²) in [5.41, 5.74) is 7.88. The molecule has 0 spiro atoms. The molecule has 0 saturated carbocycles. The molecule has 0 aliphatic heterocycles. The first-order valence-corrected chi connectivity index (χ1v) is 15.3. The number of H-pyrrole nitrogens is 1. The van der Waals surface area contributed by atoms with Gasteiger partial charge in [0.15, 0.2) is 5.82 Å². The van der Waals surface area contributed by atoms with Gasteiger partial charge in [-0.1, -0.05) is 23.3 Å². The van der Waals surface area contributed by atoms with Gasteiger partial charge in [-0.2, -0.15) is 0 Å². The average molecular weight is 597 g/mol. The highest BCUT2D eigenvalue weighted by atomic mass is 16.6. The predicted octanol–water partition coefficient (Wildman–Crippen LogP) is 6.03. The second-order valence-corrected chi connectivity index (χ2v) is 11.8. The van der Waals surface area contributed by atoms with Gasteiger partial charge in [0.2, 0.25) is 5.91 Å². The number of aromatic nitrogens is 2. The maximum atomic E-state index is 13.5. The molecule has 0 fully saturated rings. The molecule has 0 aliphatic carbocycles. The maximum Gasteiger partial charge on any atom is 0.274 e. The SMILES string of the molecule is CCN(CC)C(=O)C(C)(C)c1ccc2[nH]c(-c3cc(C)cc(C)c3)c(CCNC(=C[N+](=O)[O-])NCCc3ccncc3)c2c1. The van der Waals surface area contributed by atoms with E-state index in [0.717, 1.165) is 45.1 Å². The van der Waals surface area contributed by atoms with Gasteiger partial charge in [-0.3, -0.25) is 19.9 Å². The predicted molar refractivity (Wildman–Crippen MR) is 177 cm³/mol. The number of likely N-dealkylation sites (N-methyl/N-ethyl adjacent to an activating group) is 1. The van der Waals surface area contributed by atoms with Crippen molar-refractivity contribution in [1.29, 1.82) is 0 Å². The van der Waals surface area contributed by atoms with Crippen LogP contribution in [-0.2, 0) is 23.1 Å². The fourth-order valence-electron chi connectivity index (χ4n) is 5.76. The monoisotopic (exact) mass is 596 g/mol. The molecule has 4 aromatic rings. The van der Waals surface area contributed by atoms with Crippen molar-refractivity contribution in [3.05, 3.63) is 111 Å². The van der Waals surface area contributed by atoms with Gasteiger partial charge in [0, 0.05) is 55.2 Å². The van der Waals surface area contributed by atoms with Crippen LogP contribution in [-0.4, -0.2) is 51.9 Å². The Hall–Kier alpha value is -4.66. The summed E-state index contributed by atoms with van der Waals surface area (Å²) in [6.45, 7) is 14.5. The van der Waals surface area contributed by atoms with Crippen molar-refractivity contribution in [2.24, 2.45) is 0 Å². The number of hydrogen-bond acceptors (Lipinski definition) is 6. The van der Waals surface area contributed by atoms with Crippen LogP contribution >= 0.6 is 0 Å². The third-order valence-corrected chi connectivity index (χ3v) is 8.13. The van der Waals surface area contributed by atoms with Gasteiger partial charge in [-0.25, -0.2) is 0 Å². The number of nitrogens with one attached hydrogen (secondary N) is 3. The number of pyridine rings is 1. The highest BCUT2D eigenvalue weighted by molar-refractivity contribution is 5.94. The van der Waals surface area contributed by atoms with Crippen LogP contribution in [0.5, 0.6) is 0 Å². The number of amides is 1. The molecule has 232 valence electrons. The molecule has 0 aliphatic rings. The summed E-state index contributed by atoms with van der Waals surface area (Å²) in [4.78, 5) is 34.0. The molecular weight excluding hydrogens is 552 g/mol. The fraction of sp³-hybridized carbons (Fsp3) is 0.371. The van der Waals surface area contributed by atoms with E-state index < -0.39 is 10.3 Å². The van der Waals surface area contributed by atoms with Gasteiger partial charge >= 0.3 is 0 Å².